The summed E-state index contributed by atoms with van der Waals surface area (Å²) in [6.07, 6.45) is 6.34. The Bertz CT molecular complexity index is 780. The number of nitrogens with zero attached hydrogens (tertiary/aromatic N) is 2. The molecule has 2 fully saturated rings. The average molecular weight is 523 g/mol. The van der Waals surface area contributed by atoms with Gasteiger partial charge in [0.15, 0.2) is 0 Å². The van der Waals surface area contributed by atoms with Crippen LogP contribution in [0.1, 0.15) is 64.9 Å². The highest BCUT2D eigenvalue weighted by Gasteiger charge is 2.34. The molecule has 1 aromatic carbocycles. The molecule has 1 aromatic rings. The van der Waals surface area contributed by atoms with Crippen molar-refractivity contribution in [2.45, 2.75) is 71.8 Å². The van der Waals surface area contributed by atoms with Crippen molar-refractivity contribution < 1.29 is 34.1 Å². The van der Waals surface area contributed by atoms with E-state index >= 15 is 0 Å². The number of piperidine rings is 1. The molecule has 3 rings (SSSR count). The highest BCUT2D eigenvalue weighted by atomic mass is 16.5. The molecule has 1 unspecified atom stereocenters. The van der Waals surface area contributed by atoms with Crippen LogP contribution < -0.4 is 4.74 Å². The minimum Gasteiger partial charge on any atom is -0.494 e. The van der Waals surface area contributed by atoms with Gasteiger partial charge in [-0.15, -0.1) is 0 Å². The van der Waals surface area contributed by atoms with E-state index in [1.165, 1.54) is 18.5 Å². The van der Waals surface area contributed by atoms with Gasteiger partial charge in [-0.3, -0.25) is 14.5 Å². The predicted molar refractivity (Wildman–Crippen MR) is 143 cm³/mol. The van der Waals surface area contributed by atoms with E-state index < -0.39 is 12.0 Å². The average Bonchev–Trinajstić information content (AvgIpc) is 2.91. The number of morpholine rings is 1. The zero-order chi connectivity index (χ0) is 27.5. The fourth-order valence-electron chi connectivity index (χ4n) is 4.61. The summed E-state index contributed by atoms with van der Waals surface area (Å²) in [7, 11) is 0. The highest BCUT2D eigenvalue weighted by molar-refractivity contribution is 5.85. The number of aliphatic carboxylic acids is 1. The second-order valence-corrected chi connectivity index (χ2v) is 9.14. The van der Waals surface area contributed by atoms with Crippen molar-refractivity contribution >= 4 is 18.3 Å². The largest absolute Gasteiger partial charge is 0.494 e. The van der Waals surface area contributed by atoms with Gasteiger partial charge in [-0.1, -0.05) is 26.0 Å². The lowest BCUT2D eigenvalue weighted by atomic mass is 9.96. The number of carbonyl (C=O) groups excluding carboxylic acids is 1. The lowest BCUT2D eigenvalue weighted by molar-refractivity contribution is -0.154. The smallest absolute Gasteiger partial charge is 0.326 e. The second-order valence-electron chi connectivity index (χ2n) is 9.14. The Balaban J connectivity index is 0.000000337. The van der Waals surface area contributed by atoms with Crippen LogP contribution in [0.4, 0.5) is 0 Å². The van der Waals surface area contributed by atoms with Gasteiger partial charge in [0, 0.05) is 25.6 Å². The molecule has 0 radical (unpaired) electrons. The third-order valence-corrected chi connectivity index (χ3v) is 6.66. The molecular formula is C28H46N2O7. The van der Waals surface area contributed by atoms with Crippen LogP contribution in [0.3, 0.4) is 0 Å². The zero-order valence-electron chi connectivity index (χ0n) is 22.8. The normalized spacial score (nSPS) is 17.6. The quantitative estimate of drug-likeness (QED) is 0.444. The summed E-state index contributed by atoms with van der Waals surface area (Å²) in [5.41, 5.74) is 1.37. The summed E-state index contributed by atoms with van der Waals surface area (Å²) in [6.45, 7) is 12.2. The highest BCUT2D eigenvalue weighted by Crippen LogP contribution is 2.22. The molecular weight excluding hydrogens is 476 g/mol. The van der Waals surface area contributed by atoms with Crippen molar-refractivity contribution in [3.8, 4) is 5.75 Å². The van der Waals surface area contributed by atoms with Gasteiger partial charge < -0.3 is 24.6 Å². The lowest BCUT2D eigenvalue weighted by Gasteiger charge is -2.35. The van der Waals surface area contributed by atoms with Crippen LogP contribution in [0.5, 0.6) is 5.75 Å². The monoisotopic (exact) mass is 522 g/mol. The minimum atomic E-state index is -0.862. The van der Waals surface area contributed by atoms with Gasteiger partial charge in [0.1, 0.15) is 11.8 Å². The van der Waals surface area contributed by atoms with Crippen molar-refractivity contribution in [2.24, 2.45) is 5.92 Å². The maximum atomic E-state index is 12.1. The molecule has 9 nitrogen and oxygen atoms in total. The Hall–Kier alpha value is -2.65. The van der Waals surface area contributed by atoms with E-state index in [9.17, 15) is 9.59 Å². The number of aryl methyl sites for hydroxylation is 1. The van der Waals surface area contributed by atoms with Gasteiger partial charge in [0.25, 0.3) is 6.47 Å². The first kappa shape index (κ1) is 32.4. The van der Waals surface area contributed by atoms with E-state index in [1.54, 1.807) is 4.90 Å². The summed E-state index contributed by atoms with van der Waals surface area (Å²) in [6, 6.07) is 7.84. The fraction of sp³-hybridized carbons (Fsp3) is 0.679. The Morgan fingerprint density at radius 1 is 1.14 bits per heavy atom. The Morgan fingerprint density at radius 2 is 1.81 bits per heavy atom. The molecule has 0 bridgehead atoms. The van der Waals surface area contributed by atoms with Gasteiger partial charge in [-0.25, -0.2) is 4.79 Å². The standard InChI is InChI=1S/C15H23NO2.C12H21NO3.CH2O2/c1-2-18-15-7-3-5-14(13-15)6-4-8-16-9-11-17-12-10-16;1-3-9(4-2)11(14)13-8-6-5-7-10(13)12(15)16;2-1-3/h3,5,7,13H,2,4,6,8-12H2,1H3;9-10H,3-8H2,1-2H3,(H,15,16);1H,(H,2,3). The maximum Gasteiger partial charge on any atom is 0.326 e. The van der Waals surface area contributed by atoms with Crippen LogP contribution in [0.15, 0.2) is 24.3 Å². The molecule has 0 spiro atoms. The molecule has 1 atom stereocenters. The number of amides is 1. The Morgan fingerprint density at radius 3 is 2.41 bits per heavy atom. The first-order chi connectivity index (χ1) is 17.9. The Labute approximate surface area is 221 Å². The van der Waals surface area contributed by atoms with Gasteiger partial charge in [-0.2, -0.15) is 0 Å². The molecule has 2 aliphatic heterocycles. The Kier molecular flexibility index (Phi) is 17.0. The van der Waals surface area contributed by atoms with Crippen LogP contribution in [-0.2, 0) is 25.5 Å². The predicted octanol–water partition coefficient (Wildman–Crippen LogP) is 3.94. The van der Waals surface area contributed by atoms with E-state index in [-0.39, 0.29) is 18.3 Å². The summed E-state index contributed by atoms with van der Waals surface area (Å²) in [5.74, 6) is 0.137. The first-order valence-corrected chi connectivity index (χ1v) is 13.5. The van der Waals surface area contributed by atoms with E-state index in [4.69, 9.17) is 24.5 Å². The molecule has 2 saturated heterocycles. The molecule has 210 valence electrons. The van der Waals surface area contributed by atoms with E-state index in [0.717, 1.165) is 70.8 Å². The maximum absolute atomic E-state index is 12.1. The van der Waals surface area contributed by atoms with E-state index in [2.05, 4.69) is 23.1 Å². The zero-order valence-corrected chi connectivity index (χ0v) is 22.8. The van der Waals surface area contributed by atoms with Gasteiger partial charge in [-0.05, 0) is 76.1 Å². The SMILES string of the molecule is CCC(CC)C(=O)N1CCCCC1C(=O)O.CCOc1cccc(CCCN2CCOCC2)c1.O=CO. The van der Waals surface area contributed by atoms with Crippen LogP contribution in [0.25, 0.3) is 0 Å². The number of rotatable bonds is 10. The molecule has 9 heteroatoms. The third-order valence-electron chi connectivity index (χ3n) is 6.66. The third kappa shape index (κ3) is 12.4. The molecule has 2 N–H and O–H groups in total. The number of benzene rings is 1. The molecule has 0 aliphatic carbocycles. The van der Waals surface area contributed by atoms with Crippen LogP contribution >= 0.6 is 0 Å². The number of carboxylic acid groups (broad SMARTS) is 2. The number of carbonyl (C=O) groups is 3. The fourth-order valence-corrected chi connectivity index (χ4v) is 4.61. The molecule has 37 heavy (non-hydrogen) atoms. The number of hydrogen-bond acceptors (Lipinski definition) is 6. The summed E-state index contributed by atoms with van der Waals surface area (Å²) >= 11 is 0. The first-order valence-electron chi connectivity index (χ1n) is 13.5. The second kappa shape index (κ2) is 19.5. The topological polar surface area (TPSA) is 117 Å². The van der Waals surface area contributed by atoms with Crippen molar-refractivity contribution in [1.82, 2.24) is 9.80 Å². The van der Waals surface area contributed by atoms with Crippen molar-refractivity contribution in [1.29, 1.82) is 0 Å². The van der Waals surface area contributed by atoms with Crippen LogP contribution in [0.2, 0.25) is 0 Å². The number of hydrogen-bond donors (Lipinski definition) is 2. The molecule has 2 aliphatic rings. The van der Waals surface area contributed by atoms with Gasteiger partial charge >= 0.3 is 5.97 Å². The molecule has 1 amide bonds. The van der Waals surface area contributed by atoms with E-state index in [0.29, 0.717) is 13.0 Å². The van der Waals surface area contributed by atoms with Crippen LogP contribution in [0, 0.1) is 5.92 Å². The summed E-state index contributed by atoms with van der Waals surface area (Å²) < 4.78 is 10.9. The van der Waals surface area contributed by atoms with Crippen molar-refractivity contribution in [3.05, 3.63) is 29.8 Å². The van der Waals surface area contributed by atoms with Gasteiger partial charge in [0.2, 0.25) is 5.91 Å². The van der Waals surface area contributed by atoms with Gasteiger partial charge in [0.05, 0.1) is 19.8 Å². The molecule has 2 heterocycles. The number of ether oxygens (including phenoxy) is 2. The minimum absolute atomic E-state index is 0.0139. The van der Waals surface area contributed by atoms with Crippen LogP contribution in [-0.4, -0.2) is 90.4 Å². The lowest BCUT2D eigenvalue weighted by Crippen LogP contribution is -2.50. The molecule has 0 aromatic heterocycles. The molecule has 0 saturated carbocycles. The number of carboxylic acids is 1. The number of likely N-dealkylation sites (tertiary alicyclic amines) is 1. The van der Waals surface area contributed by atoms with E-state index in [1.807, 2.05) is 26.8 Å². The van der Waals surface area contributed by atoms with Crippen molar-refractivity contribution in [2.75, 3.05) is 46.0 Å². The summed E-state index contributed by atoms with van der Waals surface area (Å²) in [5, 5.41) is 16.0. The summed E-state index contributed by atoms with van der Waals surface area (Å²) in [4.78, 5) is 35.6. The van der Waals surface area contributed by atoms with Crippen molar-refractivity contribution in [3.63, 3.8) is 0 Å².